The Balaban J connectivity index is 2.14. The van der Waals surface area contributed by atoms with Gasteiger partial charge in [0.15, 0.2) is 0 Å². The molecule has 0 bridgehead atoms. The van der Waals surface area contributed by atoms with Crippen LogP contribution in [0.2, 0.25) is 0 Å². The van der Waals surface area contributed by atoms with Gasteiger partial charge in [0.05, 0.1) is 4.88 Å². The van der Waals surface area contributed by atoms with Crippen molar-refractivity contribution in [2.45, 2.75) is 33.2 Å². The lowest BCUT2D eigenvalue weighted by atomic mass is 10.1. The van der Waals surface area contributed by atoms with E-state index in [1.54, 1.807) is 11.3 Å². The molecule has 0 radical (unpaired) electrons. The molecule has 2 heterocycles. The first kappa shape index (κ1) is 11.4. The highest BCUT2D eigenvalue weighted by Crippen LogP contribution is 2.24. The molecule has 0 aliphatic carbocycles. The SMILES string of the molecule is CCCC(C)Cn1ccnc1-c1cccs1. The molecule has 0 aliphatic rings. The molecule has 0 fully saturated rings. The van der Waals surface area contributed by atoms with Crippen LogP contribution in [0.15, 0.2) is 29.9 Å². The zero-order chi connectivity index (χ0) is 11.4. The average molecular weight is 234 g/mol. The molecule has 2 nitrogen and oxygen atoms in total. The second-order valence-electron chi connectivity index (χ2n) is 4.27. The van der Waals surface area contributed by atoms with E-state index in [1.807, 2.05) is 6.20 Å². The van der Waals surface area contributed by atoms with Gasteiger partial charge in [-0.3, -0.25) is 0 Å². The molecule has 1 unspecified atom stereocenters. The minimum absolute atomic E-state index is 0.720. The summed E-state index contributed by atoms with van der Waals surface area (Å²) in [5.74, 6) is 1.83. The Morgan fingerprint density at radius 2 is 2.38 bits per heavy atom. The summed E-state index contributed by atoms with van der Waals surface area (Å²) in [6.07, 6.45) is 6.52. The summed E-state index contributed by atoms with van der Waals surface area (Å²) in [6, 6.07) is 4.21. The van der Waals surface area contributed by atoms with Crippen molar-refractivity contribution in [1.29, 1.82) is 0 Å². The van der Waals surface area contributed by atoms with Gasteiger partial charge in [-0.1, -0.05) is 26.3 Å². The topological polar surface area (TPSA) is 17.8 Å². The zero-order valence-electron chi connectivity index (χ0n) is 9.89. The van der Waals surface area contributed by atoms with Crippen molar-refractivity contribution in [3.8, 4) is 10.7 Å². The summed E-state index contributed by atoms with van der Waals surface area (Å²) in [5, 5.41) is 2.10. The summed E-state index contributed by atoms with van der Waals surface area (Å²) in [7, 11) is 0. The molecule has 0 amide bonds. The molecule has 0 aliphatic heterocycles. The molecule has 1 atom stereocenters. The molecule has 0 spiro atoms. The second-order valence-corrected chi connectivity index (χ2v) is 5.22. The molecule has 2 aromatic rings. The molecular weight excluding hydrogens is 216 g/mol. The number of nitrogens with zero attached hydrogens (tertiary/aromatic N) is 2. The van der Waals surface area contributed by atoms with E-state index in [2.05, 4.69) is 47.1 Å². The first-order chi connectivity index (χ1) is 7.81. The summed E-state index contributed by atoms with van der Waals surface area (Å²) in [4.78, 5) is 5.70. The van der Waals surface area contributed by atoms with Gasteiger partial charge in [0.2, 0.25) is 0 Å². The fourth-order valence-corrected chi connectivity index (χ4v) is 2.74. The predicted octanol–water partition coefficient (Wildman–Crippen LogP) is 4.05. The van der Waals surface area contributed by atoms with Crippen LogP contribution in [-0.2, 0) is 6.54 Å². The Bertz CT molecular complexity index is 417. The second kappa shape index (κ2) is 5.30. The van der Waals surface area contributed by atoms with Crippen molar-refractivity contribution in [2.75, 3.05) is 0 Å². The lowest BCUT2D eigenvalue weighted by Crippen LogP contribution is -2.07. The summed E-state index contributed by atoms with van der Waals surface area (Å²) in [5.41, 5.74) is 0. The Kier molecular flexibility index (Phi) is 3.78. The number of imidazole rings is 1. The van der Waals surface area contributed by atoms with Crippen LogP contribution in [0.3, 0.4) is 0 Å². The predicted molar refractivity (Wildman–Crippen MR) is 69.6 cm³/mol. The van der Waals surface area contributed by atoms with Crippen LogP contribution in [0.4, 0.5) is 0 Å². The maximum absolute atomic E-state index is 4.45. The smallest absolute Gasteiger partial charge is 0.149 e. The molecule has 0 saturated carbocycles. The lowest BCUT2D eigenvalue weighted by Gasteiger charge is -2.12. The van der Waals surface area contributed by atoms with Crippen LogP contribution in [0.25, 0.3) is 10.7 Å². The van der Waals surface area contributed by atoms with Gasteiger partial charge in [0.1, 0.15) is 5.82 Å². The van der Waals surface area contributed by atoms with Crippen molar-refractivity contribution in [3.63, 3.8) is 0 Å². The average Bonchev–Trinajstić information content (AvgIpc) is 2.86. The molecule has 0 N–H and O–H groups in total. The van der Waals surface area contributed by atoms with Crippen LogP contribution in [-0.4, -0.2) is 9.55 Å². The van der Waals surface area contributed by atoms with Crippen molar-refractivity contribution >= 4 is 11.3 Å². The van der Waals surface area contributed by atoms with Crippen molar-refractivity contribution < 1.29 is 0 Å². The minimum Gasteiger partial charge on any atom is -0.330 e. The van der Waals surface area contributed by atoms with Gasteiger partial charge in [-0.2, -0.15) is 0 Å². The summed E-state index contributed by atoms with van der Waals surface area (Å²) >= 11 is 1.75. The lowest BCUT2D eigenvalue weighted by molar-refractivity contribution is 0.448. The Morgan fingerprint density at radius 3 is 3.06 bits per heavy atom. The third kappa shape index (κ3) is 2.53. The molecule has 16 heavy (non-hydrogen) atoms. The number of aromatic nitrogens is 2. The zero-order valence-corrected chi connectivity index (χ0v) is 10.7. The fraction of sp³-hybridized carbons (Fsp3) is 0.462. The van der Waals surface area contributed by atoms with Gasteiger partial charge < -0.3 is 4.57 Å². The van der Waals surface area contributed by atoms with Crippen LogP contribution in [0, 0.1) is 5.92 Å². The van der Waals surface area contributed by atoms with Crippen LogP contribution in [0.5, 0.6) is 0 Å². The van der Waals surface area contributed by atoms with Crippen molar-refractivity contribution in [2.24, 2.45) is 5.92 Å². The minimum atomic E-state index is 0.720. The molecule has 86 valence electrons. The van der Waals surface area contributed by atoms with Gasteiger partial charge in [-0.05, 0) is 23.8 Å². The summed E-state index contributed by atoms with van der Waals surface area (Å²) < 4.78 is 2.27. The van der Waals surface area contributed by atoms with Gasteiger partial charge in [0, 0.05) is 18.9 Å². The van der Waals surface area contributed by atoms with E-state index >= 15 is 0 Å². The van der Waals surface area contributed by atoms with Crippen LogP contribution >= 0.6 is 11.3 Å². The Labute approximate surface area is 101 Å². The molecule has 2 aromatic heterocycles. The normalized spacial score (nSPS) is 12.9. The van der Waals surface area contributed by atoms with E-state index in [-0.39, 0.29) is 0 Å². The molecule has 2 rings (SSSR count). The maximum Gasteiger partial charge on any atom is 0.149 e. The standard InChI is InChI=1S/C13H18N2S/c1-3-5-11(2)10-15-8-7-14-13(15)12-6-4-9-16-12/h4,6-9,11H,3,5,10H2,1-2H3. The van der Waals surface area contributed by atoms with Gasteiger partial charge >= 0.3 is 0 Å². The Hall–Kier alpha value is -1.09. The van der Waals surface area contributed by atoms with E-state index in [0.717, 1.165) is 18.3 Å². The highest BCUT2D eigenvalue weighted by atomic mass is 32.1. The highest BCUT2D eigenvalue weighted by Gasteiger charge is 2.09. The van der Waals surface area contributed by atoms with Gasteiger partial charge in [-0.15, -0.1) is 11.3 Å². The fourth-order valence-electron chi connectivity index (χ4n) is 2.01. The molecule has 3 heteroatoms. The highest BCUT2D eigenvalue weighted by molar-refractivity contribution is 7.13. The number of hydrogen-bond donors (Lipinski definition) is 0. The van der Waals surface area contributed by atoms with E-state index in [0.29, 0.717) is 0 Å². The van der Waals surface area contributed by atoms with E-state index in [1.165, 1.54) is 17.7 Å². The third-order valence-electron chi connectivity index (χ3n) is 2.75. The van der Waals surface area contributed by atoms with Crippen LogP contribution < -0.4 is 0 Å². The molecule has 0 saturated heterocycles. The Morgan fingerprint density at radius 1 is 1.50 bits per heavy atom. The number of rotatable bonds is 5. The van der Waals surface area contributed by atoms with E-state index in [4.69, 9.17) is 0 Å². The van der Waals surface area contributed by atoms with Crippen LogP contribution in [0.1, 0.15) is 26.7 Å². The number of hydrogen-bond acceptors (Lipinski definition) is 2. The van der Waals surface area contributed by atoms with Crippen molar-refractivity contribution in [1.82, 2.24) is 9.55 Å². The monoisotopic (exact) mass is 234 g/mol. The summed E-state index contributed by atoms with van der Waals surface area (Å²) in [6.45, 7) is 5.62. The number of thiophene rings is 1. The maximum atomic E-state index is 4.45. The largest absolute Gasteiger partial charge is 0.330 e. The molecular formula is C13H18N2S. The van der Waals surface area contributed by atoms with Crippen molar-refractivity contribution in [3.05, 3.63) is 29.9 Å². The quantitative estimate of drug-likeness (QED) is 0.763. The van der Waals surface area contributed by atoms with Gasteiger partial charge in [-0.25, -0.2) is 4.98 Å². The van der Waals surface area contributed by atoms with E-state index in [9.17, 15) is 0 Å². The first-order valence-corrected chi connectivity index (χ1v) is 6.74. The van der Waals surface area contributed by atoms with Gasteiger partial charge in [0.25, 0.3) is 0 Å². The third-order valence-corrected chi connectivity index (χ3v) is 3.61. The first-order valence-electron chi connectivity index (χ1n) is 5.86. The molecule has 0 aromatic carbocycles. The van der Waals surface area contributed by atoms with E-state index < -0.39 is 0 Å².